The normalized spacial score (nSPS) is 22.4. The van der Waals surface area contributed by atoms with Crippen LogP contribution < -0.4 is 10.6 Å². The predicted molar refractivity (Wildman–Crippen MR) is 79.2 cm³/mol. The summed E-state index contributed by atoms with van der Waals surface area (Å²) < 4.78 is 13.0. The van der Waals surface area contributed by atoms with Gasteiger partial charge in [0.1, 0.15) is 5.82 Å². The van der Waals surface area contributed by atoms with E-state index in [0.717, 1.165) is 17.7 Å². The molecule has 0 saturated heterocycles. The fourth-order valence-corrected chi connectivity index (χ4v) is 2.79. The standard InChI is InChI=1S/C16H23FN2O/c1-11-5-3-4-6-15(11)19-16(20)10-18-14-8-7-13(17)9-12(14)2/h7-9,11,15,18H,3-6,10H2,1-2H3,(H,19,20). The van der Waals surface area contributed by atoms with Gasteiger partial charge < -0.3 is 10.6 Å². The van der Waals surface area contributed by atoms with E-state index in [2.05, 4.69) is 17.6 Å². The van der Waals surface area contributed by atoms with Crippen LogP contribution in [-0.4, -0.2) is 18.5 Å². The van der Waals surface area contributed by atoms with Gasteiger partial charge >= 0.3 is 0 Å². The van der Waals surface area contributed by atoms with E-state index >= 15 is 0 Å². The van der Waals surface area contributed by atoms with Gasteiger partial charge in [-0.3, -0.25) is 4.79 Å². The summed E-state index contributed by atoms with van der Waals surface area (Å²) in [4.78, 5) is 12.0. The fourth-order valence-electron chi connectivity index (χ4n) is 2.79. The smallest absolute Gasteiger partial charge is 0.239 e. The molecule has 3 nitrogen and oxygen atoms in total. The number of hydrogen-bond acceptors (Lipinski definition) is 2. The Hall–Kier alpha value is -1.58. The van der Waals surface area contributed by atoms with Crippen LogP contribution in [0, 0.1) is 18.7 Å². The molecule has 2 rings (SSSR count). The van der Waals surface area contributed by atoms with Crippen molar-refractivity contribution in [2.24, 2.45) is 5.92 Å². The largest absolute Gasteiger partial charge is 0.376 e. The minimum Gasteiger partial charge on any atom is -0.376 e. The number of carbonyl (C=O) groups excluding carboxylic acids is 1. The number of rotatable bonds is 4. The van der Waals surface area contributed by atoms with Crippen molar-refractivity contribution in [3.8, 4) is 0 Å². The highest BCUT2D eigenvalue weighted by Crippen LogP contribution is 2.23. The van der Waals surface area contributed by atoms with Gasteiger partial charge in [0.25, 0.3) is 0 Å². The van der Waals surface area contributed by atoms with E-state index in [9.17, 15) is 9.18 Å². The maximum Gasteiger partial charge on any atom is 0.239 e. The van der Waals surface area contributed by atoms with Gasteiger partial charge in [0.2, 0.25) is 5.91 Å². The Balaban J connectivity index is 1.82. The van der Waals surface area contributed by atoms with Gasteiger partial charge in [0.05, 0.1) is 6.54 Å². The number of halogens is 1. The van der Waals surface area contributed by atoms with E-state index in [0.29, 0.717) is 12.0 Å². The molecule has 1 aliphatic carbocycles. The molecular formula is C16H23FN2O. The van der Waals surface area contributed by atoms with E-state index in [1.165, 1.54) is 31.4 Å². The molecule has 0 aliphatic heterocycles. The summed E-state index contributed by atoms with van der Waals surface area (Å²) in [6.07, 6.45) is 4.72. The third kappa shape index (κ3) is 3.95. The van der Waals surface area contributed by atoms with E-state index in [1.54, 1.807) is 6.07 Å². The Kier molecular flexibility index (Phi) is 4.99. The molecule has 1 amide bonds. The lowest BCUT2D eigenvalue weighted by Crippen LogP contribution is -2.43. The van der Waals surface area contributed by atoms with Crippen LogP contribution in [0.1, 0.15) is 38.2 Å². The molecule has 1 aliphatic rings. The summed E-state index contributed by atoms with van der Waals surface area (Å²) in [5.74, 6) is 0.307. The monoisotopic (exact) mass is 278 g/mol. The summed E-state index contributed by atoms with van der Waals surface area (Å²) in [6, 6.07) is 4.83. The Morgan fingerprint density at radius 2 is 2.10 bits per heavy atom. The Morgan fingerprint density at radius 1 is 1.35 bits per heavy atom. The molecule has 110 valence electrons. The molecule has 0 bridgehead atoms. The van der Waals surface area contributed by atoms with E-state index < -0.39 is 0 Å². The van der Waals surface area contributed by atoms with Crippen LogP contribution in [0.25, 0.3) is 0 Å². The van der Waals surface area contributed by atoms with Crippen molar-refractivity contribution in [1.82, 2.24) is 5.32 Å². The van der Waals surface area contributed by atoms with Gasteiger partial charge in [0, 0.05) is 11.7 Å². The molecule has 1 aromatic carbocycles. The first-order chi connectivity index (χ1) is 9.56. The zero-order valence-electron chi connectivity index (χ0n) is 12.2. The van der Waals surface area contributed by atoms with E-state index in [1.807, 2.05) is 6.92 Å². The van der Waals surface area contributed by atoms with E-state index in [4.69, 9.17) is 0 Å². The van der Waals surface area contributed by atoms with Crippen molar-refractivity contribution >= 4 is 11.6 Å². The topological polar surface area (TPSA) is 41.1 Å². The summed E-state index contributed by atoms with van der Waals surface area (Å²) in [6.45, 7) is 4.25. The molecule has 20 heavy (non-hydrogen) atoms. The molecule has 0 spiro atoms. The lowest BCUT2D eigenvalue weighted by molar-refractivity contribution is -0.120. The second-order valence-corrected chi connectivity index (χ2v) is 5.75. The molecule has 0 heterocycles. The Labute approximate surface area is 120 Å². The minimum absolute atomic E-state index is 0.00692. The van der Waals surface area contributed by atoms with Gasteiger partial charge in [-0.15, -0.1) is 0 Å². The first-order valence-corrected chi connectivity index (χ1v) is 7.35. The summed E-state index contributed by atoms with van der Waals surface area (Å²) in [5.41, 5.74) is 1.61. The second kappa shape index (κ2) is 6.73. The lowest BCUT2D eigenvalue weighted by atomic mass is 9.86. The second-order valence-electron chi connectivity index (χ2n) is 5.75. The van der Waals surface area contributed by atoms with Gasteiger partial charge in [0.15, 0.2) is 0 Å². The molecule has 2 atom stereocenters. The van der Waals surface area contributed by atoms with Gasteiger partial charge in [-0.1, -0.05) is 19.8 Å². The fraction of sp³-hybridized carbons (Fsp3) is 0.562. The third-order valence-corrected chi connectivity index (χ3v) is 4.09. The quantitative estimate of drug-likeness (QED) is 0.887. The molecular weight excluding hydrogens is 255 g/mol. The van der Waals surface area contributed by atoms with Crippen molar-refractivity contribution in [1.29, 1.82) is 0 Å². The highest BCUT2D eigenvalue weighted by molar-refractivity contribution is 5.81. The number of aryl methyl sites for hydroxylation is 1. The Morgan fingerprint density at radius 3 is 2.80 bits per heavy atom. The van der Waals surface area contributed by atoms with Crippen LogP contribution in [0.15, 0.2) is 18.2 Å². The van der Waals surface area contributed by atoms with Crippen molar-refractivity contribution < 1.29 is 9.18 Å². The van der Waals surface area contributed by atoms with Crippen LogP contribution in [0.2, 0.25) is 0 Å². The van der Waals surface area contributed by atoms with Crippen LogP contribution in [-0.2, 0) is 4.79 Å². The number of hydrogen-bond donors (Lipinski definition) is 2. The van der Waals surface area contributed by atoms with Gasteiger partial charge in [-0.25, -0.2) is 4.39 Å². The maximum absolute atomic E-state index is 13.0. The minimum atomic E-state index is -0.256. The highest BCUT2D eigenvalue weighted by Gasteiger charge is 2.22. The van der Waals surface area contributed by atoms with Crippen molar-refractivity contribution in [2.75, 3.05) is 11.9 Å². The number of nitrogens with one attached hydrogen (secondary N) is 2. The first kappa shape index (κ1) is 14.8. The van der Waals surface area contributed by atoms with Gasteiger partial charge in [-0.2, -0.15) is 0 Å². The molecule has 1 fully saturated rings. The Bertz CT molecular complexity index is 476. The summed E-state index contributed by atoms with van der Waals surface area (Å²) in [7, 11) is 0. The van der Waals surface area contributed by atoms with Crippen LogP contribution in [0.3, 0.4) is 0 Å². The highest BCUT2D eigenvalue weighted by atomic mass is 19.1. The average molecular weight is 278 g/mol. The van der Waals surface area contributed by atoms with Crippen LogP contribution in [0.5, 0.6) is 0 Å². The molecule has 1 aromatic rings. The van der Waals surface area contributed by atoms with Crippen LogP contribution >= 0.6 is 0 Å². The number of anilines is 1. The first-order valence-electron chi connectivity index (χ1n) is 7.35. The lowest BCUT2D eigenvalue weighted by Gasteiger charge is -2.29. The zero-order valence-corrected chi connectivity index (χ0v) is 12.2. The predicted octanol–water partition coefficient (Wildman–Crippen LogP) is 3.24. The summed E-state index contributed by atoms with van der Waals surface area (Å²) in [5, 5.41) is 6.16. The SMILES string of the molecule is Cc1cc(F)ccc1NCC(=O)NC1CCCCC1C. The van der Waals surface area contributed by atoms with Crippen LogP contribution in [0.4, 0.5) is 10.1 Å². The maximum atomic E-state index is 13.0. The molecule has 0 radical (unpaired) electrons. The average Bonchev–Trinajstić information content (AvgIpc) is 2.40. The zero-order chi connectivity index (χ0) is 14.5. The number of benzene rings is 1. The van der Waals surface area contributed by atoms with Gasteiger partial charge in [-0.05, 0) is 49.4 Å². The third-order valence-electron chi connectivity index (χ3n) is 4.09. The van der Waals surface area contributed by atoms with Crippen molar-refractivity contribution in [3.05, 3.63) is 29.6 Å². The molecule has 0 aromatic heterocycles. The van der Waals surface area contributed by atoms with E-state index in [-0.39, 0.29) is 18.3 Å². The summed E-state index contributed by atoms with van der Waals surface area (Å²) >= 11 is 0. The molecule has 1 saturated carbocycles. The number of carbonyl (C=O) groups is 1. The van der Waals surface area contributed by atoms with Crippen molar-refractivity contribution in [2.45, 2.75) is 45.6 Å². The molecule has 2 N–H and O–H groups in total. The molecule has 2 unspecified atom stereocenters. The number of amides is 1. The van der Waals surface area contributed by atoms with Crippen molar-refractivity contribution in [3.63, 3.8) is 0 Å². The molecule has 4 heteroatoms.